The van der Waals surface area contributed by atoms with Gasteiger partial charge in [-0.2, -0.15) is 0 Å². The molecule has 1 nitrogen and oxygen atoms in total. The van der Waals surface area contributed by atoms with Crippen molar-refractivity contribution in [1.29, 1.82) is 0 Å². The van der Waals surface area contributed by atoms with Gasteiger partial charge >= 0.3 is 0 Å². The molecule has 0 bridgehead atoms. The third-order valence-electron chi connectivity index (χ3n) is 4.33. The third-order valence-corrected chi connectivity index (χ3v) is 5.27. The van der Waals surface area contributed by atoms with E-state index in [9.17, 15) is 0 Å². The molecule has 0 amide bonds. The lowest BCUT2D eigenvalue weighted by atomic mass is 10.0. The first kappa shape index (κ1) is 13.8. The van der Waals surface area contributed by atoms with Crippen LogP contribution in [0.15, 0.2) is 47.8 Å². The summed E-state index contributed by atoms with van der Waals surface area (Å²) < 4.78 is 0. The average molecular weight is 285 g/mol. The molecule has 0 spiro atoms. The molecule has 2 heteroatoms. The summed E-state index contributed by atoms with van der Waals surface area (Å²) in [7, 11) is 0. The van der Waals surface area contributed by atoms with Gasteiger partial charge in [0.15, 0.2) is 0 Å². The van der Waals surface area contributed by atoms with E-state index in [2.05, 4.69) is 60.1 Å². The van der Waals surface area contributed by atoms with Crippen molar-refractivity contribution in [2.45, 2.75) is 38.1 Å². The SMILES string of the molecule is CCNC(CCc1cccs1)C1CC1c1ccccc1. The van der Waals surface area contributed by atoms with E-state index in [4.69, 9.17) is 0 Å². The Bertz CT molecular complexity index is 505. The Morgan fingerprint density at radius 3 is 2.75 bits per heavy atom. The first-order chi connectivity index (χ1) is 9.88. The number of rotatable bonds is 7. The topological polar surface area (TPSA) is 12.0 Å². The van der Waals surface area contributed by atoms with Crippen molar-refractivity contribution in [1.82, 2.24) is 5.32 Å². The van der Waals surface area contributed by atoms with E-state index in [0.29, 0.717) is 6.04 Å². The van der Waals surface area contributed by atoms with Crippen LogP contribution in [-0.2, 0) is 6.42 Å². The van der Waals surface area contributed by atoms with Gasteiger partial charge < -0.3 is 5.32 Å². The summed E-state index contributed by atoms with van der Waals surface area (Å²) in [5.41, 5.74) is 1.52. The van der Waals surface area contributed by atoms with Crippen LogP contribution in [0.3, 0.4) is 0 Å². The minimum atomic E-state index is 0.673. The van der Waals surface area contributed by atoms with Crippen molar-refractivity contribution in [3.63, 3.8) is 0 Å². The maximum Gasteiger partial charge on any atom is 0.0105 e. The summed E-state index contributed by atoms with van der Waals surface area (Å²) in [6.45, 7) is 3.30. The molecule has 0 aliphatic heterocycles. The lowest BCUT2D eigenvalue weighted by molar-refractivity contribution is 0.440. The molecule has 2 aromatic rings. The van der Waals surface area contributed by atoms with Crippen LogP contribution in [0.25, 0.3) is 0 Å². The summed E-state index contributed by atoms with van der Waals surface area (Å²) in [4.78, 5) is 1.52. The van der Waals surface area contributed by atoms with E-state index < -0.39 is 0 Å². The Labute approximate surface area is 126 Å². The maximum atomic E-state index is 3.71. The van der Waals surface area contributed by atoms with Crippen LogP contribution in [-0.4, -0.2) is 12.6 Å². The Hall–Kier alpha value is -1.12. The Balaban J connectivity index is 1.58. The van der Waals surface area contributed by atoms with E-state index in [0.717, 1.165) is 18.4 Å². The van der Waals surface area contributed by atoms with Gasteiger partial charge in [0, 0.05) is 10.9 Å². The van der Waals surface area contributed by atoms with Gasteiger partial charge in [-0.3, -0.25) is 0 Å². The van der Waals surface area contributed by atoms with Crippen molar-refractivity contribution >= 4 is 11.3 Å². The second-order valence-electron chi connectivity index (χ2n) is 5.70. The zero-order valence-corrected chi connectivity index (χ0v) is 12.9. The van der Waals surface area contributed by atoms with Crippen molar-refractivity contribution in [3.05, 3.63) is 58.3 Å². The fourth-order valence-electron chi connectivity index (χ4n) is 3.23. The Morgan fingerprint density at radius 1 is 1.20 bits per heavy atom. The van der Waals surface area contributed by atoms with Crippen LogP contribution in [0.5, 0.6) is 0 Å². The fourth-order valence-corrected chi connectivity index (χ4v) is 3.95. The molecule has 1 aromatic carbocycles. The van der Waals surface area contributed by atoms with Crippen LogP contribution in [0.4, 0.5) is 0 Å². The predicted molar refractivity (Wildman–Crippen MR) is 87.4 cm³/mol. The molecule has 3 unspecified atom stereocenters. The van der Waals surface area contributed by atoms with Gasteiger partial charge in [0.1, 0.15) is 0 Å². The van der Waals surface area contributed by atoms with Crippen molar-refractivity contribution in [2.75, 3.05) is 6.54 Å². The molecule has 1 aliphatic carbocycles. The molecule has 1 N–H and O–H groups in total. The van der Waals surface area contributed by atoms with E-state index in [-0.39, 0.29) is 0 Å². The minimum absolute atomic E-state index is 0.673. The van der Waals surface area contributed by atoms with Crippen LogP contribution in [0, 0.1) is 5.92 Å². The smallest absolute Gasteiger partial charge is 0.0105 e. The summed E-state index contributed by atoms with van der Waals surface area (Å²) in [5, 5.41) is 5.89. The highest BCUT2D eigenvalue weighted by molar-refractivity contribution is 7.09. The molecule has 1 aliphatic rings. The molecule has 1 fully saturated rings. The number of benzene rings is 1. The molecule has 0 saturated heterocycles. The zero-order chi connectivity index (χ0) is 13.8. The summed E-state index contributed by atoms with van der Waals surface area (Å²) in [6.07, 6.45) is 3.84. The van der Waals surface area contributed by atoms with Gasteiger partial charge in [0.25, 0.3) is 0 Å². The number of thiophene rings is 1. The molecule has 1 saturated carbocycles. The summed E-state index contributed by atoms with van der Waals surface area (Å²) in [6, 6.07) is 16.1. The van der Waals surface area contributed by atoms with E-state index in [1.807, 2.05) is 11.3 Å². The average Bonchev–Trinajstić information content (AvgIpc) is 3.11. The Morgan fingerprint density at radius 2 is 2.05 bits per heavy atom. The molecule has 20 heavy (non-hydrogen) atoms. The second-order valence-corrected chi connectivity index (χ2v) is 6.73. The molecule has 106 valence electrons. The highest BCUT2D eigenvalue weighted by atomic mass is 32.1. The highest BCUT2D eigenvalue weighted by Crippen LogP contribution is 2.50. The van der Waals surface area contributed by atoms with Crippen molar-refractivity contribution in [3.8, 4) is 0 Å². The summed E-state index contributed by atoms with van der Waals surface area (Å²) >= 11 is 1.88. The molecule has 0 radical (unpaired) electrons. The fraction of sp³-hybridized carbons (Fsp3) is 0.444. The minimum Gasteiger partial charge on any atom is -0.314 e. The number of hydrogen-bond donors (Lipinski definition) is 1. The molecular formula is C18H23NS. The maximum absolute atomic E-state index is 3.71. The highest BCUT2D eigenvalue weighted by Gasteiger charge is 2.42. The molecule has 3 rings (SSSR count). The van der Waals surface area contributed by atoms with Crippen LogP contribution in [0.1, 0.15) is 36.1 Å². The second kappa shape index (κ2) is 6.55. The molecule has 1 aromatic heterocycles. The lowest BCUT2D eigenvalue weighted by Crippen LogP contribution is -2.31. The van der Waals surface area contributed by atoms with Gasteiger partial charge in [0.05, 0.1) is 0 Å². The van der Waals surface area contributed by atoms with Gasteiger partial charge in [0.2, 0.25) is 0 Å². The van der Waals surface area contributed by atoms with Crippen LogP contribution >= 0.6 is 11.3 Å². The largest absolute Gasteiger partial charge is 0.314 e. The van der Waals surface area contributed by atoms with E-state index in [1.54, 1.807) is 0 Å². The predicted octanol–water partition coefficient (Wildman–Crippen LogP) is 4.46. The summed E-state index contributed by atoms with van der Waals surface area (Å²) in [5.74, 6) is 1.61. The molecule has 1 heterocycles. The first-order valence-corrected chi connectivity index (χ1v) is 8.57. The number of hydrogen-bond acceptors (Lipinski definition) is 2. The number of nitrogens with one attached hydrogen (secondary N) is 1. The standard InChI is InChI=1S/C18H23NS/c1-2-19-18(11-10-15-9-6-12-20-15)17-13-16(17)14-7-4-3-5-8-14/h3-9,12,16-19H,2,10-11,13H2,1H3. The van der Waals surface area contributed by atoms with Gasteiger partial charge in [-0.1, -0.05) is 43.3 Å². The normalized spacial score (nSPS) is 22.6. The first-order valence-electron chi connectivity index (χ1n) is 7.69. The monoisotopic (exact) mass is 285 g/mol. The molecule has 3 atom stereocenters. The quantitative estimate of drug-likeness (QED) is 0.792. The van der Waals surface area contributed by atoms with Crippen LogP contribution < -0.4 is 5.32 Å². The van der Waals surface area contributed by atoms with Crippen molar-refractivity contribution in [2.24, 2.45) is 5.92 Å². The molecular weight excluding hydrogens is 262 g/mol. The third kappa shape index (κ3) is 3.31. The van der Waals surface area contributed by atoms with Crippen molar-refractivity contribution < 1.29 is 0 Å². The zero-order valence-electron chi connectivity index (χ0n) is 12.1. The Kier molecular flexibility index (Phi) is 4.54. The lowest BCUT2D eigenvalue weighted by Gasteiger charge is -2.18. The number of aryl methyl sites for hydroxylation is 1. The van der Waals surface area contributed by atoms with Gasteiger partial charge in [-0.05, 0) is 54.7 Å². The van der Waals surface area contributed by atoms with Gasteiger partial charge in [-0.25, -0.2) is 0 Å². The van der Waals surface area contributed by atoms with E-state index >= 15 is 0 Å². The van der Waals surface area contributed by atoms with E-state index in [1.165, 1.54) is 29.7 Å². The van der Waals surface area contributed by atoms with Gasteiger partial charge in [-0.15, -0.1) is 11.3 Å². The van der Waals surface area contributed by atoms with Crippen LogP contribution in [0.2, 0.25) is 0 Å².